The minimum Gasteiger partial charge on any atom is -0.466 e. The largest absolute Gasteiger partial charge is 0.508 e. The smallest absolute Gasteiger partial charge is 0.466 e. The molecule has 0 radical (unpaired) electrons. The van der Waals surface area contributed by atoms with Gasteiger partial charge in [0, 0.05) is 12.3 Å². The van der Waals surface area contributed by atoms with E-state index in [0.29, 0.717) is 31.0 Å². The number of rotatable bonds is 6. The van der Waals surface area contributed by atoms with Crippen molar-refractivity contribution in [1.29, 1.82) is 0 Å². The third-order valence-corrected chi connectivity index (χ3v) is 9.60. The van der Waals surface area contributed by atoms with Crippen molar-refractivity contribution >= 4 is 17.9 Å². The third-order valence-electron chi connectivity index (χ3n) is 9.60. The van der Waals surface area contributed by atoms with E-state index < -0.39 is 6.16 Å². The molecule has 0 aliphatic heterocycles. The van der Waals surface area contributed by atoms with Gasteiger partial charge in [-0.1, -0.05) is 25.5 Å². The second kappa shape index (κ2) is 9.42. The maximum atomic E-state index is 13.0. The summed E-state index contributed by atoms with van der Waals surface area (Å²) in [6.45, 7) is 8.94. The van der Waals surface area contributed by atoms with Crippen LogP contribution < -0.4 is 0 Å². The fourth-order valence-electron chi connectivity index (χ4n) is 8.02. The summed E-state index contributed by atoms with van der Waals surface area (Å²) in [4.78, 5) is 36.8. The lowest BCUT2D eigenvalue weighted by Gasteiger charge is -2.58. The first-order chi connectivity index (χ1) is 15.7. The van der Waals surface area contributed by atoms with Crippen LogP contribution >= 0.6 is 0 Å². The summed E-state index contributed by atoms with van der Waals surface area (Å²) in [5, 5.41) is 0. The molecule has 184 valence electrons. The second-order valence-corrected chi connectivity index (χ2v) is 11.0. The Morgan fingerprint density at radius 1 is 0.970 bits per heavy atom. The zero-order valence-corrected chi connectivity index (χ0v) is 20.7. The molecule has 0 aromatic carbocycles. The molecule has 4 aliphatic carbocycles. The van der Waals surface area contributed by atoms with E-state index in [2.05, 4.69) is 19.9 Å². The van der Waals surface area contributed by atoms with Gasteiger partial charge in [-0.05, 0) is 87.4 Å². The molecule has 0 unspecified atom stereocenters. The molecule has 6 heteroatoms. The van der Waals surface area contributed by atoms with Crippen LogP contribution in [0.15, 0.2) is 11.6 Å². The summed E-state index contributed by atoms with van der Waals surface area (Å²) in [5.74, 6) is 1.38. The van der Waals surface area contributed by atoms with E-state index in [-0.39, 0.29) is 41.0 Å². The van der Waals surface area contributed by atoms with Crippen molar-refractivity contribution in [3.8, 4) is 0 Å². The van der Waals surface area contributed by atoms with Crippen molar-refractivity contribution in [2.75, 3.05) is 13.2 Å². The Kier molecular flexibility index (Phi) is 6.93. The Bertz CT molecular complexity index is 817. The Morgan fingerprint density at radius 2 is 1.73 bits per heavy atom. The highest BCUT2D eigenvalue weighted by molar-refractivity contribution is 5.97. The number of carbonyl (C=O) groups excluding carboxylic acids is 3. The van der Waals surface area contributed by atoms with Crippen LogP contribution in [0.4, 0.5) is 4.79 Å². The van der Waals surface area contributed by atoms with Gasteiger partial charge in [-0.3, -0.25) is 9.59 Å². The molecule has 3 fully saturated rings. The van der Waals surface area contributed by atoms with Crippen LogP contribution in [-0.2, 0) is 23.8 Å². The lowest BCUT2D eigenvalue weighted by Crippen LogP contribution is -2.51. The van der Waals surface area contributed by atoms with E-state index in [4.69, 9.17) is 14.2 Å². The van der Waals surface area contributed by atoms with Crippen molar-refractivity contribution in [3.63, 3.8) is 0 Å². The van der Waals surface area contributed by atoms with Crippen LogP contribution in [0, 0.1) is 34.5 Å². The molecule has 0 heterocycles. The number of hydrogen-bond acceptors (Lipinski definition) is 6. The van der Waals surface area contributed by atoms with Crippen LogP contribution in [0.1, 0.15) is 85.5 Å². The van der Waals surface area contributed by atoms with Gasteiger partial charge in [0.25, 0.3) is 0 Å². The van der Waals surface area contributed by atoms with E-state index in [0.717, 1.165) is 51.4 Å². The average molecular weight is 461 g/mol. The second-order valence-electron chi connectivity index (χ2n) is 11.0. The molecule has 4 aliphatic rings. The standard InChI is InChI=1S/C27H40O6/c1-5-31-24(29)16-23(28)22-10-9-20-19-8-7-17-15-18(33-25(30)32-6-2)11-13-26(17,3)21(19)12-14-27(20,22)4/h7,18-22H,5-6,8-16H2,1-4H3/t18-,19-,20-,21-,22+,26-,27-/m0/s1. The van der Waals surface area contributed by atoms with Gasteiger partial charge < -0.3 is 14.2 Å². The van der Waals surface area contributed by atoms with Crippen LogP contribution in [0.5, 0.6) is 0 Å². The van der Waals surface area contributed by atoms with Crippen molar-refractivity contribution < 1.29 is 28.6 Å². The molecule has 0 aromatic heterocycles. The Balaban J connectivity index is 1.47. The summed E-state index contributed by atoms with van der Waals surface area (Å²) in [6.07, 6.45) is 9.57. The van der Waals surface area contributed by atoms with Gasteiger partial charge >= 0.3 is 12.1 Å². The molecule has 3 saturated carbocycles. The van der Waals surface area contributed by atoms with E-state index >= 15 is 0 Å². The number of ketones is 1. The van der Waals surface area contributed by atoms with Crippen LogP contribution in [0.3, 0.4) is 0 Å². The third kappa shape index (κ3) is 4.35. The fourth-order valence-corrected chi connectivity index (χ4v) is 8.02. The fraction of sp³-hybridized carbons (Fsp3) is 0.815. The lowest BCUT2D eigenvalue weighted by molar-refractivity contribution is -0.147. The molecule has 0 amide bonds. The van der Waals surface area contributed by atoms with E-state index in [1.165, 1.54) is 5.57 Å². The number of allylic oxidation sites excluding steroid dienone is 1. The van der Waals surface area contributed by atoms with Crippen molar-refractivity contribution in [2.24, 2.45) is 34.5 Å². The van der Waals surface area contributed by atoms with E-state index in [9.17, 15) is 14.4 Å². The zero-order chi connectivity index (χ0) is 23.8. The minimum absolute atomic E-state index is 0.0172. The molecular weight excluding hydrogens is 420 g/mol. The van der Waals surface area contributed by atoms with Gasteiger partial charge in [0.05, 0.1) is 13.2 Å². The van der Waals surface area contributed by atoms with Crippen LogP contribution in [0.2, 0.25) is 0 Å². The number of carbonyl (C=O) groups is 3. The molecule has 7 atom stereocenters. The van der Waals surface area contributed by atoms with Gasteiger partial charge in [-0.2, -0.15) is 0 Å². The first kappa shape index (κ1) is 24.3. The Morgan fingerprint density at radius 3 is 2.45 bits per heavy atom. The SMILES string of the molecule is CCOC(=O)CC(=O)[C@H]1CC[C@H]2[C@@H]3CC=C4C[C@@H](OC(=O)OCC)CC[C@]4(C)[C@H]3CC[C@]12C. The summed E-state index contributed by atoms with van der Waals surface area (Å²) < 4.78 is 15.6. The number of fused-ring (bicyclic) bond motifs is 5. The van der Waals surface area contributed by atoms with Gasteiger partial charge in [-0.15, -0.1) is 0 Å². The van der Waals surface area contributed by atoms with Crippen molar-refractivity contribution in [3.05, 3.63) is 11.6 Å². The normalized spacial score (nSPS) is 39.4. The average Bonchev–Trinajstić information content (AvgIpc) is 3.11. The summed E-state index contributed by atoms with van der Waals surface area (Å²) in [6, 6.07) is 0. The first-order valence-electron chi connectivity index (χ1n) is 12.9. The Hall–Kier alpha value is -1.85. The highest BCUT2D eigenvalue weighted by atomic mass is 16.7. The number of esters is 1. The number of ether oxygens (including phenoxy) is 3. The predicted octanol–water partition coefficient (Wildman–Crippen LogP) is 5.63. The zero-order valence-electron chi connectivity index (χ0n) is 20.7. The maximum absolute atomic E-state index is 13.0. The molecule has 6 nitrogen and oxygen atoms in total. The molecule has 0 N–H and O–H groups in total. The number of Topliss-reactive ketones (excluding diaryl/α,β-unsaturated/α-hetero) is 1. The Labute approximate surface area is 197 Å². The predicted molar refractivity (Wildman–Crippen MR) is 123 cm³/mol. The number of hydrogen-bond donors (Lipinski definition) is 0. The van der Waals surface area contributed by atoms with Gasteiger partial charge in [0.1, 0.15) is 18.3 Å². The highest BCUT2D eigenvalue weighted by Gasteiger charge is 2.60. The van der Waals surface area contributed by atoms with Crippen molar-refractivity contribution in [1.82, 2.24) is 0 Å². The van der Waals surface area contributed by atoms with Crippen molar-refractivity contribution in [2.45, 2.75) is 91.6 Å². The molecular formula is C27H40O6. The molecule has 0 saturated heterocycles. The molecule has 4 rings (SSSR count). The highest BCUT2D eigenvalue weighted by Crippen LogP contribution is 2.66. The molecule has 33 heavy (non-hydrogen) atoms. The lowest BCUT2D eigenvalue weighted by atomic mass is 9.47. The summed E-state index contributed by atoms with van der Waals surface area (Å²) in [7, 11) is 0. The van der Waals surface area contributed by atoms with Crippen LogP contribution in [0.25, 0.3) is 0 Å². The quantitative estimate of drug-likeness (QED) is 0.290. The van der Waals surface area contributed by atoms with Crippen LogP contribution in [-0.4, -0.2) is 37.2 Å². The molecule has 0 bridgehead atoms. The van der Waals surface area contributed by atoms with E-state index in [1.54, 1.807) is 13.8 Å². The molecule has 0 aromatic rings. The summed E-state index contributed by atoms with van der Waals surface area (Å²) >= 11 is 0. The first-order valence-corrected chi connectivity index (χ1v) is 12.9. The van der Waals surface area contributed by atoms with Gasteiger partial charge in [0.15, 0.2) is 0 Å². The minimum atomic E-state index is -0.557. The van der Waals surface area contributed by atoms with E-state index in [1.807, 2.05) is 0 Å². The topological polar surface area (TPSA) is 78.9 Å². The summed E-state index contributed by atoms with van der Waals surface area (Å²) in [5.41, 5.74) is 1.57. The molecule has 0 spiro atoms. The maximum Gasteiger partial charge on any atom is 0.508 e. The monoisotopic (exact) mass is 460 g/mol. The van der Waals surface area contributed by atoms with Gasteiger partial charge in [-0.25, -0.2) is 4.79 Å². The van der Waals surface area contributed by atoms with Gasteiger partial charge in [0.2, 0.25) is 0 Å².